The summed E-state index contributed by atoms with van der Waals surface area (Å²) >= 11 is 1.59. The zero-order chi connectivity index (χ0) is 15.7. The van der Waals surface area contributed by atoms with E-state index >= 15 is 0 Å². The number of nitrogens with zero attached hydrogens (tertiary/aromatic N) is 3. The van der Waals surface area contributed by atoms with Crippen LogP contribution in [0.5, 0.6) is 0 Å². The summed E-state index contributed by atoms with van der Waals surface area (Å²) in [6, 6.07) is 4.92. The van der Waals surface area contributed by atoms with Crippen LogP contribution in [-0.2, 0) is 0 Å². The number of benzene rings is 1. The topological polar surface area (TPSA) is 92.9 Å². The lowest BCUT2D eigenvalue weighted by molar-refractivity contribution is 0.245. The minimum Gasteiger partial charge on any atom is -0.337 e. The predicted molar refractivity (Wildman–Crippen MR) is 84.0 cm³/mol. The number of amides is 2. The van der Waals surface area contributed by atoms with Crippen molar-refractivity contribution in [2.75, 3.05) is 5.32 Å². The smallest absolute Gasteiger partial charge is 0.319 e. The third-order valence-electron chi connectivity index (χ3n) is 3.01. The molecule has 2 amide bonds. The Morgan fingerprint density at radius 2 is 2.14 bits per heavy atom. The van der Waals surface area contributed by atoms with E-state index in [0.29, 0.717) is 17.4 Å². The normalized spacial score (nSPS) is 12.3. The summed E-state index contributed by atoms with van der Waals surface area (Å²) in [6.45, 7) is 5.47. The molecule has 0 radical (unpaired) electrons. The first-order valence-electron chi connectivity index (χ1n) is 6.76. The van der Waals surface area contributed by atoms with Crippen molar-refractivity contribution in [2.45, 2.75) is 26.8 Å². The summed E-state index contributed by atoms with van der Waals surface area (Å²) in [7, 11) is 0. The van der Waals surface area contributed by atoms with E-state index in [-0.39, 0.29) is 12.1 Å². The Labute approximate surface area is 130 Å². The van der Waals surface area contributed by atoms with Crippen LogP contribution in [0.3, 0.4) is 0 Å². The van der Waals surface area contributed by atoms with Crippen LogP contribution in [0, 0.1) is 13.8 Å². The summed E-state index contributed by atoms with van der Waals surface area (Å²) in [5.74, 6) is 0.913. The molecular weight excluding hydrogens is 302 g/mol. The molecule has 0 aliphatic carbocycles. The maximum atomic E-state index is 12.0. The van der Waals surface area contributed by atoms with Gasteiger partial charge in [-0.05, 0) is 39.0 Å². The highest BCUT2D eigenvalue weighted by atomic mass is 32.1. The van der Waals surface area contributed by atoms with Gasteiger partial charge in [0.25, 0.3) is 0 Å². The van der Waals surface area contributed by atoms with E-state index in [2.05, 4.69) is 25.8 Å². The Morgan fingerprint density at radius 3 is 2.86 bits per heavy atom. The van der Waals surface area contributed by atoms with Gasteiger partial charge in [0.05, 0.1) is 15.2 Å². The van der Waals surface area contributed by atoms with Gasteiger partial charge in [0.1, 0.15) is 6.04 Å². The first-order chi connectivity index (χ1) is 10.5. The number of anilines is 1. The average Bonchev–Trinajstić information content (AvgIpc) is 3.03. The molecule has 7 nitrogen and oxygen atoms in total. The van der Waals surface area contributed by atoms with Gasteiger partial charge in [0.2, 0.25) is 5.89 Å². The van der Waals surface area contributed by atoms with Gasteiger partial charge >= 0.3 is 6.03 Å². The van der Waals surface area contributed by atoms with Crippen molar-refractivity contribution in [3.63, 3.8) is 0 Å². The number of aryl methyl sites for hydroxylation is 2. The van der Waals surface area contributed by atoms with Gasteiger partial charge in [-0.1, -0.05) is 5.16 Å². The molecule has 0 unspecified atom stereocenters. The van der Waals surface area contributed by atoms with Crippen LogP contribution >= 0.6 is 11.3 Å². The van der Waals surface area contributed by atoms with E-state index in [4.69, 9.17) is 4.52 Å². The van der Waals surface area contributed by atoms with Crippen molar-refractivity contribution in [1.29, 1.82) is 0 Å². The number of urea groups is 1. The van der Waals surface area contributed by atoms with Crippen molar-refractivity contribution in [1.82, 2.24) is 20.4 Å². The van der Waals surface area contributed by atoms with Crippen LogP contribution in [0.15, 0.2) is 22.7 Å². The molecule has 0 saturated heterocycles. The summed E-state index contributed by atoms with van der Waals surface area (Å²) < 4.78 is 6.07. The van der Waals surface area contributed by atoms with E-state index in [1.807, 2.05) is 25.1 Å². The Kier molecular flexibility index (Phi) is 3.76. The van der Waals surface area contributed by atoms with Crippen LogP contribution in [0.1, 0.15) is 29.7 Å². The van der Waals surface area contributed by atoms with Gasteiger partial charge in [-0.3, -0.25) is 0 Å². The van der Waals surface area contributed by atoms with Crippen molar-refractivity contribution < 1.29 is 9.32 Å². The Morgan fingerprint density at radius 1 is 1.32 bits per heavy atom. The first kappa shape index (κ1) is 14.5. The lowest BCUT2D eigenvalue weighted by Gasteiger charge is -2.11. The highest BCUT2D eigenvalue weighted by molar-refractivity contribution is 7.18. The molecule has 8 heteroatoms. The number of rotatable bonds is 3. The average molecular weight is 317 g/mol. The molecule has 0 saturated carbocycles. The molecule has 0 bridgehead atoms. The van der Waals surface area contributed by atoms with Crippen LogP contribution in [0.2, 0.25) is 0 Å². The minimum atomic E-state index is -0.365. The second-order valence-corrected chi connectivity index (χ2v) is 6.15. The highest BCUT2D eigenvalue weighted by Crippen LogP contribution is 2.24. The van der Waals surface area contributed by atoms with Crippen molar-refractivity contribution >= 4 is 33.3 Å². The predicted octanol–water partition coefficient (Wildman–Crippen LogP) is 3.18. The first-order valence-corrected chi connectivity index (χ1v) is 7.58. The number of hydrogen-bond donors (Lipinski definition) is 2. The van der Waals surface area contributed by atoms with Crippen LogP contribution in [0.25, 0.3) is 10.2 Å². The summed E-state index contributed by atoms with van der Waals surface area (Å²) in [4.78, 5) is 20.5. The fourth-order valence-corrected chi connectivity index (χ4v) is 2.90. The van der Waals surface area contributed by atoms with Gasteiger partial charge in [-0.25, -0.2) is 9.78 Å². The zero-order valence-electron chi connectivity index (χ0n) is 12.4. The number of nitrogens with one attached hydrogen (secondary N) is 2. The fraction of sp³-hybridized carbons (Fsp3) is 0.286. The minimum absolute atomic E-state index is 0.330. The molecule has 3 rings (SSSR count). The molecular formula is C14H15N5O2S. The highest BCUT2D eigenvalue weighted by Gasteiger charge is 2.15. The monoisotopic (exact) mass is 317 g/mol. The lowest BCUT2D eigenvalue weighted by Crippen LogP contribution is -2.31. The van der Waals surface area contributed by atoms with Gasteiger partial charge in [0.15, 0.2) is 5.82 Å². The lowest BCUT2D eigenvalue weighted by atomic mass is 10.3. The van der Waals surface area contributed by atoms with Gasteiger partial charge in [-0.2, -0.15) is 4.98 Å². The third-order valence-corrected chi connectivity index (χ3v) is 3.95. The molecule has 22 heavy (non-hydrogen) atoms. The molecule has 3 aromatic rings. The Bertz CT molecular complexity index is 826. The molecule has 2 heterocycles. The van der Waals surface area contributed by atoms with E-state index in [1.54, 1.807) is 25.2 Å². The van der Waals surface area contributed by atoms with Gasteiger partial charge in [-0.15, -0.1) is 11.3 Å². The van der Waals surface area contributed by atoms with E-state index in [9.17, 15) is 4.79 Å². The number of fused-ring (bicyclic) bond motifs is 1. The van der Waals surface area contributed by atoms with E-state index in [0.717, 1.165) is 15.2 Å². The van der Waals surface area contributed by atoms with Crippen molar-refractivity contribution in [2.24, 2.45) is 0 Å². The number of carbonyl (C=O) groups is 1. The van der Waals surface area contributed by atoms with E-state index in [1.165, 1.54) is 0 Å². The second-order valence-electron chi connectivity index (χ2n) is 4.92. The third kappa shape index (κ3) is 3.06. The Hall–Kier alpha value is -2.48. The molecule has 1 aromatic carbocycles. The van der Waals surface area contributed by atoms with Gasteiger partial charge < -0.3 is 15.2 Å². The second kappa shape index (κ2) is 5.72. The summed E-state index contributed by atoms with van der Waals surface area (Å²) in [5.41, 5.74) is 1.64. The fourth-order valence-electron chi connectivity index (χ4n) is 2.03. The summed E-state index contributed by atoms with van der Waals surface area (Å²) in [5, 5.41) is 10.2. The van der Waals surface area contributed by atoms with Gasteiger partial charge in [0, 0.05) is 5.69 Å². The molecule has 0 aliphatic heterocycles. The zero-order valence-corrected chi connectivity index (χ0v) is 13.2. The molecule has 0 spiro atoms. The standard InChI is InChI=1S/C14H15N5O2S/c1-7(13-16-8(2)19-21-13)15-14(20)18-10-4-5-11-12(6-10)22-9(3)17-11/h4-7H,1-3H3,(H2,15,18,20)/t7-/m0/s1. The molecule has 2 aromatic heterocycles. The summed E-state index contributed by atoms with van der Waals surface area (Å²) in [6.07, 6.45) is 0. The van der Waals surface area contributed by atoms with Crippen LogP contribution < -0.4 is 10.6 Å². The molecule has 114 valence electrons. The molecule has 2 N–H and O–H groups in total. The van der Waals surface area contributed by atoms with E-state index < -0.39 is 0 Å². The SMILES string of the molecule is Cc1noc([C@H](C)NC(=O)Nc2ccc3nc(C)sc3c2)n1. The van der Waals surface area contributed by atoms with Crippen LogP contribution in [-0.4, -0.2) is 21.2 Å². The number of thiazole rings is 1. The van der Waals surface area contributed by atoms with Crippen LogP contribution in [0.4, 0.5) is 10.5 Å². The molecule has 1 atom stereocenters. The van der Waals surface area contributed by atoms with Crippen molar-refractivity contribution in [3.05, 3.63) is 34.9 Å². The number of carbonyl (C=O) groups excluding carboxylic acids is 1. The molecule has 0 aliphatic rings. The largest absolute Gasteiger partial charge is 0.337 e. The maximum Gasteiger partial charge on any atom is 0.319 e. The number of hydrogen-bond acceptors (Lipinski definition) is 6. The number of aromatic nitrogens is 3. The van der Waals surface area contributed by atoms with Crippen molar-refractivity contribution in [3.8, 4) is 0 Å². The molecule has 0 fully saturated rings. The quantitative estimate of drug-likeness (QED) is 0.774. The Balaban J connectivity index is 1.67. The maximum absolute atomic E-state index is 12.0.